The molecule has 0 aliphatic heterocycles. The summed E-state index contributed by atoms with van der Waals surface area (Å²) in [6.45, 7) is 2.10. The molecule has 2 aromatic heterocycles. The maximum atomic E-state index is 11.7. The van der Waals surface area contributed by atoms with E-state index in [1.807, 2.05) is 25.1 Å². The fourth-order valence-electron chi connectivity index (χ4n) is 1.79. The van der Waals surface area contributed by atoms with Crippen molar-refractivity contribution in [3.63, 3.8) is 0 Å². The van der Waals surface area contributed by atoms with Crippen molar-refractivity contribution in [1.29, 1.82) is 0 Å². The lowest BCUT2D eigenvalue weighted by molar-refractivity contribution is -0.108. The second kappa shape index (κ2) is 5.40. The SMILES string of the molecule is CC/C=C/c1cnc2ccc(=O)n(CC=O)c2c1. The molecule has 0 radical (unpaired) electrons. The zero-order chi connectivity index (χ0) is 13.0. The normalized spacial score (nSPS) is 11.2. The summed E-state index contributed by atoms with van der Waals surface area (Å²) < 4.78 is 1.43. The minimum Gasteiger partial charge on any atom is -0.301 e. The van der Waals surface area contributed by atoms with Crippen molar-refractivity contribution in [2.45, 2.75) is 19.9 Å². The monoisotopic (exact) mass is 242 g/mol. The molecule has 0 unspecified atom stereocenters. The molecule has 0 fully saturated rings. The molecule has 0 aliphatic rings. The highest BCUT2D eigenvalue weighted by molar-refractivity contribution is 5.77. The number of aromatic nitrogens is 2. The van der Waals surface area contributed by atoms with Gasteiger partial charge in [0.05, 0.1) is 17.6 Å². The van der Waals surface area contributed by atoms with Crippen LogP contribution in [0.15, 0.2) is 35.3 Å². The van der Waals surface area contributed by atoms with Gasteiger partial charge in [0.15, 0.2) is 0 Å². The van der Waals surface area contributed by atoms with Gasteiger partial charge >= 0.3 is 0 Å². The van der Waals surface area contributed by atoms with Crippen molar-refractivity contribution >= 4 is 23.4 Å². The predicted molar refractivity (Wildman–Crippen MR) is 71.4 cm³/mol. The van der Waals surface area contributed by atoms with Gasteiger partial charge in [-0.05, 0) is 24.1 Å². The van der Waals surface area contributed by atoms with Crippen molar-refractivity contribution in [3.8, 4) is 0 Å². The number of hydrogen-bond donors (Lipinski definition) is 0. The molecule has 92 valence electrons. The minimum atomic E-state index is -0.187. The van der Waals surface area contributed by atoms with Crippen LogP contribution in [0.4, 0.5) is 0 Å². The van der Waals surface area contributed by atoms with Gasteiger partial charge in [-0.15, -0.1) is 0 Å². The van der Waals surface area contributed by atoms with E-state index in [0.717, 1.165) is 18.3 Å². The van der Waals surface area contributed by atoms with Crippen LogP contribution in [0.25, 0.3) is 17.1 Å². The first-order chi connectivity index (χ1) is 8.76. The van der Waals surface area contributed by atoms with Gasteiger partial charge in [0.25, 0.3) is 5.56 Å². The molecule has 2 aromatic rings. The Bertz CT molecular complexity index is 656. The smallest absolute Gasteiger partial charge is 0.251 e. The van der Waals surface area contributed by atoms with Crippen LogP contribution < -0.4 is 5.56 Å². The molecule has 4 heteroatoms. The fraction of sp³-hybridized carbons (Fsp3) is 0.214. The number of pyridine rings is 2. The average molecular weight is 242 g/mol. The van der Waals surface area contributed by atoms with Crippen molar-refractivity contribution < 1.29 is 4.79 Å². The Kier molecular flexibility index (Phi) is 3.67. The molecule has 0 bridgehead atoms. The maximum Gasteiger partial charge on any atom is 0.251 e. The summed E-state index contributed by atoms with van der Waals surface area (Å²) in [5.41, 5.74) is 2.14. The second-order valence-electron chi connectivity index (χ2n) is 3.93. The Labute approximate surface area is 105 Å². The molecule has 2 heterocycles. The number of aldehydes is 1. The topological polar surface area (TPSA) is 52.0 Å². The number of carbonyl (C=O) groups excluding carboxylic acids is 1. The van der Waals surface area contributed by atoms with Gasteiger partial charge in [-0.25, -0.2) is 0 Å². The Morgan fingerprint density at radius 3 is 2.94 bits per heavy atom. The van der Waals surface area contributed by atoms with Crippen LogP contribution in [0.1, 0.15) is 18.9 Å². The Morgan fingerprint density at radius 2 is 2.22 bits per heavy atom. The summed E-state index contributed by atoms with van der Waals surface area (Å²) in [6, 6.07) is 4.98. The molecule has 0 N–H and O–H groups in total. The third kappa shape index (κ3) is 2.37. The molecule has 0 spiro atoms. The van der Waals surface area contributed by atoms with Gasteiger partial charge in [-0.3, -0.25) is 14.3 Å². The lowest BCUT2D eigenvalue weighted by Crippen LogP contribution is -2.20. The third-order valence-electron chi connectivity index (χ3n) is 2.66. The van der Waals surface area contributed by atoms with Gasteiger partial charge < -0.3 is 4.79 Å². The lowest BCUT2D eigenvalue weighted by atomic mass is 10.2. The Balaban J connectivity index is 2.64. The highest BCUT2D eigenvalue weighted by atomic mass is 16.1. The van der Waals surface area contributed by atoms with Gasteiger partial charge in [0.2, 0.25) is 0 Å². The third-order valence-corrected chi connectivity index (χ3v) is 2.66. The molecular formula is C14H14N2O2. The fourth-order valence-corrected chi connectivity index (χ4v) is 1.79. The number of rotatable bonds is 4. The maximum absolute atomic E-state index is 11.7. The van der Waals surface area contributed by atoms with Crippen LogP contribution >= 0.6 is 0 Å². The van der Waals surface area contributed by atoms with E-state index in [-0.39, 0.29) is 12.1 Å². The summed E-state index contributed by atoms with van der Waals surface area (Å²) in [4.78, 5) is 26.6. The molecule has 4 nitrogen and oxygen atoms in total. The first kappa shape index (κ1) is 12.2. The van der Waals surface area contributed by atoms with E-state index >= 15 is 0 Å². The summed E-state index contributed by atoms with van der Waals surface area (Å²) in [5.74, 6) is 0. The van der Waals surface area contributed by atoms with E-state index in [0.29, 0.717) is 11.0 Å². The molecular weight excluding hydrogens is 228 g/mol. The molecule has 2 rings (SSSR count). The lowest BCUT2D eigenvalue weighted by Gasteiger charge is -2.06. The van der Waals surface area contributed by atoms with Crippen LogP contribution in [0.2, 0.25) is 0 Å². The standard InChI is InChI=1S/C14H14N2O2/c1-2-3-4-11-9-13-12(15-10-11)5-6-14(18)16(13)7-8-17/h3-6,8-10H,2,7H2,1H3/b4-3+. The van der Waals surface area contributed by atoms with Gasteiger partial charge in [0, 0.05) is 12.3 Å². The number of fused-ring (bicyclic) bond motifs is 1. The Morgan fingerprint density at radius 1 is 1.39 bits per heavy atom. The van der Waals surface area contributed by atoms with Crippen LogP contribution in [-0.2, 0) is 11.3 Å². The van der Waals surface area contributed by atoms with Crippen molar-refractivity contribution in [1.82, 2.24) is 9.55 Å². The first-order valence-corrected chi connectivity index (χ1v) is 5.86. The minimum absolute atomic E-state index is 0.0544. The number of nitrogens with zero attached hydrogens (tertiary/aromatic N) is 2. The van der Waals surface area contributed by atoms with Crippen molar-refractivity contribution in [2.24, 2.45) is 0 Å². The quantitative estimate of drug-likeness (QED) is 0.771. The largest absolute Gasteiger partial charge is 0.301 e. The molecule has 0 amide bonds. The van der Waals surface area contributed by atoms with Crippen LogP contribution in [0.3, 0.4) is 0 Å². The first-order valence-electron chi connectivity index (χ1n) is 5.86. The second-order valence-corrected chi connectivity index (χ2v) is 3.93. The van der Waals surface area contributed by atoms with Gasteiger partial charge in [-0.1, -0.05) is 19.1 Å². The average Bonchev–Trinajstić information content (AvgIpc) is 2.39. The van der Waals surface area contributed by atoms with E-state index in [1.54, 1.807) is 12.3 Å². The summed E-state index contributed by atoms with van der Waals surface area (Å²) in [5, 5.41) is 0. The molecule has 18 heavy (non-hydrogen) atoms. The summed E-state index contributed by atoms with van der Waals surface area (Å²) >= 11 is 0. The molecule has 0 saturated carbocycles. The van der Waals surface area contributed by atoms with E-state index in [2.05, 4.69) is 4.98 Å². The van der Waals surface area contributed by atoms with Crippen molar-refractivity contribution in [3.05, 3.63) is 46.4 Å². The Hall–Kier alpha value is -2.23. The molecule has 0 atom stereocenters. The molecule has 0 aliphatic carbocycles. The van der Waals surface area contributed by atoms with Crippen LogP contribution in [0, 0.1) is 0 Å². The van der Waals surface area contributed by atoms with E-state index in [4.69, 9.17) is 0 Å². The zero-order valence-electron chi connectivity index (χ0n) is 10.2. The van der Waals surface area contributed by atoms with E-state index in [9.17, 15) is 9.59 Å². The molecule has 0 saturated heterocycles. The van der Waals surface area contributed by atoms with Crippen molar-refractivity contribution in [2.75, 3.05) is 0 Å². The number of hydrogen-bond acceptors (Lipinski definition) is 3. The van der Waals surface area contributed by atoms with Gasteiger partial charge in [-0.2, -0.15) is 0 Å². The molecule has 0 aromatic carbocycles. The predicted octanol–water partition coefficient (Wildman–Crippen LogP) is 2.02. The summed E-state index contributed by atoms with van der Waals surface area (Å²) in [7, 11) is 0. The van der Waals surface area contributed by atoms with Crippen LogP contribution in [0.5, 0.6) is 0 Å². The summed E-state index contributed by atoms with van der Waals surface area (Å²) in [6.07, 6.45) is 7.39. The number of carbonyl (C=O) groups is 1. The van der Waals surface area contributed by atoms with E-state index in [1.165, 1.54) is 10.6 Å². The van der Waals surface area contributed by atoms with E-state index < -0.39 is 0 Å². The van der Waals surface area contributed by atoms with Gasteiger partial charge in [0.1, 0.15) is 6.29 Å². The van der Waals surface area contributed by atoms with Crippen LogP contribution in [-0.4, -0.2) is 15.8 Å². The zero-order valence-corrected chi connectivity index (χ0v) is 10.2. The highest BCUT2D eigenvalue weighted by Gasteiger charge is 2.03. The number of allylic oxidation sites excluding steroid dienone is 1. The highest BCUT2D eigenvalue weighted by Crippen LogP contribution is 2.12.